The van der Waals surface area contributed by atoms with Crippen LogP contribution in [0.3, 0.4) is 0 Å². The van der Waals surface area contributed by atoms with Crippen molar-refractivity contribution in [3.63, 3.8) is 0 Å². The van der Waals surface area contributed by atoms with Gasteiger partial charge >= 0.3 is 11.9 Å². The second-order valence-corrected chi connectivity index (χ2v) is 18.1. The van der Waals surface area contributed by atoms with E-state index in [4.69, 9.17) is 40.1 Å². The molecule has 4 N–H and O–H groups in total. The van der Waals surface area contributed by atoms with Gasteiger partial charge in [-0.1, -0.05) is 163 Å². The van der Waals surface area contributed by atoms with Crippen LogP contribution in [0.4, 0.5) is 0 Å². The summed E-state index contributed by atoms with van der Waals surface area (Å²) in [5, 5.41) is 21.2. The molecule has 8 bridgehead atoms. The fourth-order valence-electron chi connectivity index (χ4n) is 7.82. The molecule has 11 rings (SSSR count). The molecule has 0 unspecified atom stereocenters. The molecule has 2 aliphatic rings. The lowest BCUT2D eigenvalue weighted by Crippen LogP contribution is -2.11. The van der Waals surface area contributed by atoms with Gasteiger partial charge in [0.25, 0.3) is 0 Å². The van der Waals surface area contributed by atoms with Crippen LogP contribution in [0, 0.1) is 0 Å². The second kappa shape index (κ2) is 18.0. The van der Waals surface area contributed by atoms with E-state index in [1.54, 1.807) is 24.3 Å². The highest BCUT2D eigenvalue weighted by molar-refractivity contribution is 6.06. The summed E-state index contributed by atoms with van der Waals surface area (Å²) in [7, 11) is 0. The van der Waals surface area contributed by atoms with Crippen molar-refractivity contribution in [2.45, 2.75) is 52.4 Å². The van der Waals surface area contributed by atoms with E-state index in [1.807, 2.05) is 121 Å². The fraction of sp³-hybridized carbons (Fsp3) is 0.148. The van der Waals surface area contributed by atoms with Gasteiger partial charge in [0, 0.05) is 54.8 Å². The first-order chi connectivity index (χ1) is 31.6. The normalized spacial score (nSPS) is 11.6. The number of H-pyrrole nitrogens is 2. The summed E-state index contributed by atoms with van der Waals surface area (Å²) >= 11 is 0. The van der Waals surface area contributed by atoms with Crippen molar-refractivity contribution in [2.24, 2.45) is 0 Å². The maximum atomic E-state index is 10.6. The average molecular weight is 899 g/mol. The number of rotatable bonds is 2. The second-order valence-electron chi connectivity index (χ2n) is 18.1. The highest BCUT2D eigenvalue weighted by atomic mass is 28.1. The lowest BCUT2D eigenvalue weighted by molar-refractivity contribution is 0.0686. The number of carboxylic acids is 2. The number of hydrogen-bond donors (Lipinski definition) is 4. The summed E-state index contributed by atoms with van der Waals surface area (Å²) in [6, 6.07) is 46.3. The predicted octanol–water partition coefficient (Wildman–Crippen LogP) is 11.9. The van der Waals surface area contributed by atoms with Crippen molar-refractivity contribution in [1.29, 1.82) is 0 Å². The van der Waals surface area contributed by atoms with Crippen LogP contribution in [0.15, 0.2) is 146 Å². The highest BCUT2D eigenvalue weighted by Gasteiger charge is 2.22. The lowest BCUT2D eigenvalue weighted by Gasteiger charge is -2.18. The molecule has 330 valence electrons. The van der Waals surface area contributed by atoms with Gasteiger partial charge in [-0.05, 0) is 46.2 Å². The molecule has 4 radical (unpaired) electrons. The standard InChI is InChI=1S/C32H18N8.2C11H14O2.Si/c1-2-10-18-17(9-1)25-33-26(18)38-28-21-13-5-6-14-22(21)30(35-28)40-32-24-16-8-7-15-23(24)31(36-32)39-29-20-12-4-3-11-19(20)27(34-29)37-25;2*1-11(2,3)9-6-4-8(5-7-9)10(12)13;/h1-16H,(H2,33,34,35,36,37,38,39,40);2*4-7H,1-3H3,(H,12,13);. The zero-order valence-corrected chi connectivity index (χ0v) is 38.8. The van der Waals surface area contributed by atoms with Crippen LogP contribution in [0.5, 0.6) is 0 Å². The molecule has 6 aromatic carbocycles. The molecule has 0 saturated heterocycles. The van der Waals surface area contributed by atoms with Crippen LogP contribution in [0.1, 0.15) is 73.4 Å². The predicted molar refractivity (Wildman–Crippen MR) is 266 cm³/mol. The van der Waals surface area contributed by atoms with Gasteiger partial charge in [-0.25, -0.2) is 39.5 Å². The third-order valence-electron chi connectivity index (χ3n) is 11.5. The molecular weight excluding hydrogens is 853 g/mol. The molecule has 3 aromatic heterocycles. The maximum Gasteiger partial charge on any atom is 0.335 e. The van der Waals surface area contributed by atoms with Crippen molar-refractivity contribution < 1.29 is 19.8 Å². The van der Waals surface area contributed by atoms with Gasteiger partial charge in [-0.2, -0.15) is 0 Å². The Morgan fingerprint density at radius 3 is 0.836 bits per heavy atom. The van der Waals surface area contributed by atoms with E-state index >= 15 is 0 Å². The van der Waals surface area contributed by atoms with Gasteiger partial charge in [0.15, 0.2) is 23.3 Å². The Hall–Kier alpha value is -8.16. The molecule has 0 aliphatic carbocycles. The minimum absolute atomic E-state index is 0. The molecular formula is C54H46N8O4Si. The number of fused-ring (bicyclic) bond motifs is 20. The number of aromatic amines is 2. The molecule has 0 amide bonds. The SMILES string of the molecule is CC(C)(C)c1ccc(C(=O)O)cc1.CC(C)(C)c1ccc(C(=O)O)cc1.[Si].c1ccc2c(c1)-c1nc-2nc2[nH]c(nc3nc(nc4[nH]c(n1)c1ccccc41)-c1ccccc1-3)c1ccccc21. The van der Waals surface area contributed by atoms with E-state index in [2.05, 4.69) is 51.5 Å². The first-order valence-electron chi connectivity index (χ1n) is 21.5. The Labute approximate surface area is 391 Å². The quantitative estimate of drug-likeness (QED) is 0.122. The number of carbonyl (C=O) groups is 2. The van der Waals surface area contributed by atoms with E-state index in [1.165, 1.54) is 0 Å². The first kappa shape index (κ1) is 45.4. The minimum Gasteiger partial charge on any atom is -0.478 e. The lowest BCUT2D eigenvalue weighted by atomic mass is 9.87. The monoisotopic (exact) mass is 898 g/mol. The Bertz CT molecular complexity index is 3130. The van der Waals surface area contributed by atoms with Crippen LogP contribution in [-0.4, -0.2) is 73.0 Å². The average Bonchev–Trinajstić information content (AvgIpc) is 4.05. The fourth-order valence-corrected chi connectivity index (χ4v) is 7.82. The summed E-state index contributed by atoms with van der Waals surface area (Å²) in [6.07, 6.45) is 0. The van der Waals surface area contributed by atoms with Gasteiger partial charge in [0.1, 0.15) is 22.6 Å². The van der Waals surface area contributed by atoms with Gasteiger partial charge in [0.2, 0.25) is 0 Å². The number of aromatic carboxylic acids is 2. The first-order valence-corrected chi connectivity index (χ1v) is 21.5. The molecule has 9 aromatic rings. The van der Waals surface area contributed by atoms with Gasteiger partial charge < -0.3 is 20.2 Å². The van der Waals surface area contributed by atoms with Crippen molar-refractivity contribution >= 4 is 67.0 Å². The van der Waals surface area contributed by atoms with Crippen LogP contribution in [-0.2, 0) is 10.8 Å². The van der Waals surface area contributed by atoms with Crippen LogP contribution in [0.25, 0.3) is 89.7 Å². The molecule has 5 heterocycles. The summed E-state index contributed by atoms with van der Waals surface area (Å²) < 4.78 is 0. The highest BCUT2D eigenvalue weighted by Crippen LogP contribution is 2.37. The minimum atomic E-state index is -0.875. The zero-order chi connectivity index (χ0) is 46.3. The third kappa shape index (κ3) is 9.22. The van der Waals surface area contributed by atoms with E-state index in [0.29, 0.717) is 57.0 Å². The Morgan fingerprint density at radius 1 is 0.373 bits per heavy atom. The number of carboxylic acid groups (broad SMARTS) is 2. The number of benzene rings is 6. The maximum absolute atomic E-state index is 10.6. The van der Waals surface area contributed by atoms with Crippen molar-refractivity contribution in [3.05, 3.63) is 168 Å². The molecule has 0 atom stereocenters. The number of nitrogens with zero attached hydrogens (tertiary/aromatic N) is 6. The van der Waals surface area contributed by atoms with Gasteiger partial charge in [-0.15, -0.1) is 0 Å². The molecule has 67 heavy (non-hydrogen) atoms. The summed E-state index contributed by atoms with van der Waals surface area (Å²) in [5.41, 5.74) is 9.59. The summed E-state index contributed by atoms with van der Waals surface area (Å²) in [6.45, 7) is 12.6. The molecule has 12 nitrogen and oxygen atoms in total. The summed E-state index contributed by atoms with van der Waals surface area (Å²) in [5.74, 6) is 0.640. The summed E-state index contributed by atoms with van der Waals surface area (Å²) in [4.78, 5) is 57.9. The Kier molecular flexibility index (Phi) is 12.2. The topological polar surface area (TPSA) is 184 Å². The van der Waals surface area contributed by atoms with Crippen molar-refractivity contribution in [2.75, 3.05) is 0 Å². The molecule has 0 saturated carbocycles. The largest absolute Gasteiger partial charge is 0.478 e. The van der Waals surface area contributed by atoms with E-state index in [-0.39, 0.29) is 21.8 Å². The van der Waals surface area contributed by atoms with Crippen molar-refractivity contribution in [3.8, 4) is 45.6 Å². The molecule has 2 aliphatic heterocycles. The zero-order valence-electron chi connectivity index (χ0n) is 37.8. The number of nitrogens with one attached hydrogen (secondary N) is 2. The third-order valence-corrected chi connectivity index (χ3v) is 11.5. The van der Waals surface area contributed by atoms with E-state index in [0.717, 1.165) is 54.9 Å². The van der Waals surface area contributed by atoms with Crippen LogP contribution in [0.2, 0.25) is 0 Å². The van der Waals surface area contributed by atoms with E-state index < -0.39 is 11.9 Å². The Morgan fingerprint density at radius 2 is 0.612 bits per heavy atom. The molecule has 0 spiro atoms. The van der Waals surface area contributed by atoms with Gasteiger partial charge in [0.05, 0.1) is 11.1 Å². The molecule has 0 fully saturated rings. The smallest absolute Gasteiger partial charge is 0.335 e. The Balaban J connectivity index is 0.000000186. The van der Waals surface area contributed by atoms with E-state index in [9.17, 15) is 9.59 Å². The van der Waals surface area contributed by atoms with Crippen LogP contribution >= 0.6 is 0 Å². The van der Waals surface area contributed by atoms with Crippen molar-refractivity contribution in [1.82, 2.24) is 39.9 Å². The number of aromatic nitrogens is 8. The molecule has 13 heteroatoms. The van der Waals surface area contributed by atoms with Crippen LogP contribution < -0.4 is 0 Å². The number of hydrogen-bond acceptors (Lipinski definition) is 8. The van der Waals surface area contributed by atoms with Gasteiger partial charge in [-0.3, -0.25) is 0 Å².